The summed E-state index contributed by atoms with van der Waals surface area (Å²) in [4.78, 5) is 20.4. The molecule has 0 aliphatic carbocycles. The van der Waals surface area contributed by atoms with Gasteiger partial charge in [-0.3, -0.25) is 9.69 Å². The summed E-state index contributed by atoms with van der Waals surface area (Å²) in [5.74, 6) is 0.678. The summed E-state index contributed by atoms with van der Waals surface area (Å²) < 4.78 is 5.44. The second-order valence-electron chi connectivity index (χ2n) is 6.96. The van der Waals surface area contributed by atoms with Gasteiger partial charge in [0.05, 0.1) is 24.2 Å². The van der Waals surface area contributed by atoms with Crippen molar-refractivity contribution in [1.82, 2.24) is 4.90 Å². The van der Waals surface area contributed by atoms with Crippen molar-refractivity contribution in [3.8, 4) is 5.75 Å². The topological polar surface area (TPSA) is 41.9 Å². The number of amides is 1. The fraction of sp³-hybridized carbons (Fsp3) is 0.120. The molecule has 0 atom stereocenters. The Kier molecular flexibility index (Phi) is 6.00. The van der Waals surface area contributed by atoms with Gasteiger partial charge in [0.25, 0.3) is 5.91 Å². The average molecular weight is 415 g/mol. The van der Waals surface area contributed by atoms with Gasteiger partial charge in [0.1, 0.15) is 5.75 Å². The standard InChI is InChI=1S/C25H22N2O2S/c1-18-12-14-21(15-13-18)26-25-27(17-19-8-4-3-5-9-19)24(28)23(30-25)16-20-10-6-7-11-22(20)29-2/h3-16H,17H2,1-2H3/b23-16+,26-25?. The van der Waals surface area contributed by atoms with E-state index in [1.807, 2.05) is 91.9 Å². The molecule has 0 radical (unpaired) electrons. The van der Waals surface area contributed by atoms with Crippen LogP contribution >= 0.6 is 11.8 Å². The zero-order valence-corrected chi connectivity index (χ0v) is 17.7. The maximum Gasteiger partial charge on any atom is 0.267 e. The van der Waals surface area contributed by atoms with Crippen LogP contribution in [0.3, 0.4) is 0 Å². The highest BCUT2D eigenvalue weighted by Crippen LogP contribution is 2.36. The fourth-order valence-electron chi connectivity index (χ4n) is 3.15. The molecule has 3 aromatic carbocycles. The van der Waals surface area contributed by atoms with E-state index >= 15 is 0 Å². The van der Waals surface area contributed by atoms with Crippen molar-refractivity contribution in [2.24, 2.45) is 4.99 Å². The van der Waals surface area contributed by atoms with Crippen LogP contribution in [0.2, 0.25) is 0 Å². The van der Waals surface area contributed by atoms with Crippen LogP contribution in [0.15, 0.2) is 88.8 Å². The predicted octanol–water partition coefficient (Wildman–Crippen LogP) is 5.81. The van der Waals surface area contributed by atoms with Crippen LogP contribution in [0.25, 0.3) is 6.08 Å². The van der Waals surface area contributed by atoms with E-state index in [9.17, 15) is 4.79 Å². The maximum atomic E-state index is 13.3. The second-order valence-corrected chi connectivity index (χ2v) is 7.97. The summed E-state index contributed by atoms with van der Waals surface area (Å²) in [5, 5.41) is 0.675. The largest absolute Gasteiger partial charge is 0.496 e. The summed E-state index contributed by atoms with van der Waals surface area (Å²) >= 11 is 1.39. The number of hydrogen-bond donors (Lipinski definition) is 0. The molecular formula is C25H22N2O2S. The van der Waals surface area contributed by atoms with Crippen LogP contribution in [-0.4, -0.2) is 23.1 Å². The molecule has 4 rings (SSSR count). The third-order valence-electron chi connectivity index (χ3n) is 4.76. The Bertz CT molecular complexity index is 1110. The summed E-state index contributed by atoms with van der Waals surface area (Å²) in [7, 11) is 1.63. The molecule has 1 aliphatic heterocycles. The number of aliphatic imine (C=N–C) groups is 1. The highest BCUT2D eigenvalue weighted by molar-refractivity contribution is 8.18. The molecule has 4 nitrogen and oxygen atoms in total. The molecule has 0 spiro atoms. The van der Waals surface area contributed by atoms with Crippen LogP contribution in [0, 0.1) is 6.92 Å². The lowest BCUT2D eigenvalue weighted by atomic mass is 10.1. The number of rotatable bonds is 5. The third kappa shape index (κ3) is 4.47. The van der Waals surface area contributed by atoms with Crippen LogP contribution in [0.5, 0.6) is 5.75 Å². The third-order valence-corrected chi connectivity index (χ3v) is 5.76. The minimum atomic E-state index is -0.0550. The second kappa shape index (κ2) is 9.01. The quantitative estimate of drug-likeness (QED) is 0.495. The molecule has 30 heavy (non-hydrogen) atoms. The van der Waals surface area contributed by atoms with Gasteiger partial charge in [-0.2, -0.15) is 0 Å². The van der Waals surface area contributed by atoms with Crippen molar-refractivity contribution in [3.05, 3.63) is 100 Å². The van der Waals surface area contributed by atoms with Gasteiger partial charge in [0.2, 0.25) is 0 Å². The highest BCUT2D eigenvalue weighted by atomic mass is 32.2. The number of para-hydroxylation sites is 1. The Labute approximate surface area is 180 Å². The van der Waals surface area contributed by atoms with E-state index in [0.717, 1.165) is 22.6 Å². The van der Waals surface area contributed by atoms with Crippen LogP contribution in [-0.2, 0) is 11.3 Å². The van der Waals surface area contributed by atoms with Gasteiger partial charge in [0.15, 0.2) is 5.17 Å². The van der Waals surface area contributed by atoms with E-state index in [-0.39, 0.29) is 5.91 Å². The van der Waals surface area contributed by atoms with Crippen molar-refractivity contribution >= 4 is 34.6 Å². The zero-order valence-electron chi connectivity index (χ0n) is 16.9. The number of amidine groups is 1. The lowest BCUT2D eigenvalue weighted by molar-refractivity contribution is -0.122. The van der Waals surface area contributed by atoms with Crippen LogP contribution in [0.4, 0.5) is 5.69 Å². The number of hydrogen-bond acceptors (Lipinski definition) is 4. The van der Waals surface area contributed by atoms with Gasteiger partial charge in [-0.05, 0) is 48.5 Å². The van der Waals surface area contributed by atoms with Gasteiger partial charge < -0.3 is 4.74 Å². The van der Waals surface area contributed by atoms with Gasteiger partial charge in [-0.15, -0.1) is 0 Å². The molecule has 1 saturated heterocycles. The molecule has 0 N–H and O–H groups in total. The van der Waals surface area contributed by atoms with E-state index in [0.29, 0.717) is 16.6 Å². The van der Waals surface area contributed by atoms with E-state index in [4.69, 9.17) is 9.73 Å². The predicted molar refractivity (Wildman–Crippen MR) is 124 cm³/mol. The molecule has 5 heteroatoms. The minimum Gasteiger partial charge on any atom is -0.496 e. The highest BCUT2D eigenvalue weighted by Gasteiger charge is 2.33. The van der Waals surface area contributed by atoms with E-state index in [1.165, 1.54) is 17.3 Å². The van der Waals surface area contributed by atoms with Crippen LogP contribution < -0.4 is 4.74 Å². The molecule has 0 unspecified atom stereocenters. The summed E-state index contributed by atoms with van der Waals surface area (Å²) in [6.07, 6.45) is 1.88. The number of ether oxygens (including phenoxy) is 1. The normalized spacial score (nSPS) is 16.5. The number of aryl methyl sites for hydroxylation is 1. The lowest BCUT2D eigenvalue weighted by Crippen LogP contribution is -2.28. The Morgan fingerprint density at radius 3 is 2.40 bits per heavy atom. The summed E-state index contributed by atoms with van der Waals surface area (Å²) in [6.45, 7) is 2.52. The van der Waals surface area contributed by atoms with Gasteiger partial charge in [-0.1, -0.05) is 66.2 Å². The first kappa shape index (κ1) is 20.0. The van der Waals surface area contributed by atoms with Crippen molar-refractivity contribution < 1.29 is 9.53 Å². The molecule has 1 amide bonds. The lowest BCUT2D eigenvalue weighted by Gasteiger charge is -2.15. The Balaban J connectivity index is 1.71. The molecule has 1 heterocycles. The number of carbonyl (C=O) groups excluding carboxylic acids is 1. The Morgan fingerprint density at radius 2 is 1.67 bits per heavy atom. The first-order chi connectivity index (χ1) is 14.6. The molecule has 0 saturated carbocycles. The molecule has 0 aromatic heterocycles. The molecule has 150 valence electrons. The van der Waals surface area contributed by atoms with E-state index < -0.39 is 0 Å². The first-order valence-electron chi connectivity index (χ1n) is 9.68. The van der Waals surface area contributed by atoms with Crippen molar-refractivity contribution in [2.45, 2.75) is 13.5 Å². The Hall–Kier alpha value is -3.31. The van der Waals surface area contributed by atoms with Crippen molar-refractivity contribution in [2.75, 3.05) is 7.11 Å². The number of benzene rings is 3. The van der Waals surface area contributed by atoms with Crippen molar-refractivity contribution in [1.29, 1.82) is 0 Å². The van der Waals surface area contributed by atoms with Gasteiger partial charge in [0, 0.05) is 5.56 Å². The smallest absolute Gasteiger partial charge is 0.267 e. The molecule has 1 aliphatic rings. The first-order valence-corrected chi connectivity index (χ1v) is 10.5. The van der Waals surface area contributed by atoms with Crippen LogP contribution in [0.1, 0.15) is 16.7 Å². The molecule has 1 fully saturated rings. The monoisotopic (exact) mass is 414 g/mol. The minimum absolute atomic E-state index is 0.0550. The SMILES string of the molecule is COc1ccccc1/C=C1/SC(=Nc2ccc(C)cc2)N(Cc2ccccc2)C1=O. The number of methoxy groups -OCH3 is 1. The van der Waals surface area contributed by atoms with E-state index in [1.54, 1.807) is 12.0 Å². The fourth-order valence-corrected chi connectivity index (χ4v) is 4.14. The molecular weight excluding hydrogens is 392 g/mol. The number of carbonyl (C=O) groups is 1. The molecule has 3 aromatic rings. The van der Waals surface area contributed by atoms with Crippen molar-refractivity contribution in [3.63, 3.8) is 0 Å². The summed E-state index contributed by atoms with van der Waals surface area (Å²) in [6, 6.07) is 25.6. The average Bonchev–Trinajstić information content (AvgIpc) is 3.05. The van der Waals surface area contributed by atoms with E-state index in [2.05, 4.69) is 0 Å². The zero-order chi connectivity index (χ0) is 20.9. The molecule has 0 bridgehead atoms. The summed E-state index contributed by atoms with van der Waals surface area (Å²) in [5.41, 5.74) is 3.92. The van der Waals surface area contributed by atoms with Gasteiger partial charge in [-0.25, -0.2) is 4.99 Å². The Morgan fingerprint density at radius 1 is 0.967 bits per heavy atom. The number of thioether (sulfide) groups is 1. The number of nitrogens with zero attached hydrogens (tertiary/aromatic N) is 2. The maximum absolute atomic E-state index is 13.3. The van der Waals surface area contributed by atoms with Gasteiger partial charge >= 0.3 is 0 Å².